The molecule has 2 aliphatic heterocycles. The first-order valence-corrected chi connectivity index (χ1v) is 7.05. The molecule has 0 spiro atoms. The van der Waals surface area contributed by atoms with Crippen molar-refractivity contribution in [3.63, 3.8) is 0 Å². The number of hydrogen-bond donors (Lipinski definition) is 1. The largest absolute Gasteiger partial charge is 0.485 e. The summed E-state index contributed by atoms with van der Waals surface area (Å²) in [6, 6.07) is 0.295. The van der Waals surface area contributed by atoms with Crippen molar-refractivity contribution in [2.24, 2.45) is 0 Å². The van der Waals surface area contributed by atoms with Gasteiger partial charge < -0.3 is 19.5 Å². The second-order valence-corrected chi connectivity index (χ2v) is 6.15. The van der Waals surface area contributed by atoms with Crippen LogP contribution in [0.3, 0.4) is 0 Å². The van der Waals surface area contributed by atoms with Crippen LogP contribution in [0.5, 0.6) is 5.75 Å². The Bertz CT molecular complexity index is 532. The zero-order chi connectivity index (χ0) is 14.5. The van der Waals surface area contributed by atoms with Crippen molar-refractivity contribution in [2.75, 3.05) is 24.7 Å². The summed E-state index contributed by atoms with van der Waals surface area (Å²) in [5, 5.41) is 10.4. The molecule has 0 aliphatic carbocycles. The number of aliphatic hydroxyl groups is 1. The quantitative estimate of drug-likeness (QED) is 0.790. The van der Waals surface area contributed by atoms with Gasteiger partial charge in [-0.3, -0.25) is 0 Å². The van der Waals surface area contributed by atoms with E-state index in [9.17, 15) is 5.11 Å². The lowest BCUT2D eigenvalue weighted by atomic mass is 10.0. The van der Waals surface area contributed by atoms with E-state index in [1.54, 1.807) is 13.8 Å². The number of ether oxygens (including phenoxy) is 2. The van der Waals surface area contributed by atoms with Gasteiger partial charge in [0.25, 0.3) is 0 Å². The van der Waals surface area contributed by atoms with E-state index >= 15 is 0 Å². The van der Waals surface area contributed by atoms with E-state index in [-0.39, 0.29) is 17.4 Å². The van der Waals surface area contributed by atoms with Gasteiger partial charge in [0.1, 0.15) is 17.9 Å². The summed E-state index contributed by atoms with van der Waals surface area (Å²) in [5.74, 6) is 1.17. The average Bonchev–Trinajstić information content (AvgIpc) is 2.36. The zero-order valence-corrected chi connectivity index (χ0v) is 12.5. The van der Waals surface area contributed by atoms with Gasteiger partial charge in [0.15, 0.2) is 11.6 Å². The maximum absolute atomic E-state index is 10.3. The molecule has 1 N–H and O–H groups in total. The summed E-state index contributed by atoms with van der Waals surface area (Å²) < 4.78 is 11.3. The first kappa shape index (κ1) is 13.9. The lowest BCUT2D eigenvalue weighted by Crippen LogP contribution is -2.56. The predicted octanol–water partition coefficient (Wildman–Crippen LogP) is 1.34. The van der Waals surface area contributed by atoms with Crippen LogP contribution in [-0.4, -0.2) is 47.0 Å². The monoisotopic (exact) mass is 299 g/mol. The fourth-order valence-electron chi connectivity index (χ4n) is 2.72. The van der Waals surface area contributed by atoms with Crippen LogP contribution in [0.2, 0.25) is 5.28 Å². The zero-order valence-electron chi connectivity index (χ0n) is 11.8. The van der Waals surface area contributed by atoms with Crippen LogP contribution in [-0.2, 0) is 10.3 Å². The molecular weight excluding hydrogens is 282 g/mol. The highest BCUT2D eigenvalue weighted by atomic mass is 35.5. The molecule has 0 bridgehead atoms. The fraction of sp³-hybridized carbons (Fsp3) is 0.692. The minimum Gasteiger partial charge on any atom is -0.485 e. The lowest BCUT2D eigenvalue weighted by Gasteiger charge is -2.45. The first-order valence-electron chi connectivity index (χ1n) is 6.67. The van der Waals surface area contributed by atoms with E-state index in [4.69, 9.17) is 21.1 Å². The van der Waals surface area contributed by atoms with Crippen molar-refractivity contribution < 1.29 is 14.6 Å². The van der Waals surface area contributed by atoms with Crippen LogP contribution in [0.4, 0.5) is 5.82 Å². The molecule has 2 aliphatic rings. The summed E-state index contributed by atoms with van der Waals surface area (Å²) in [5.41, 5.74) is -0.719. The Morgan fingerprint density at radius 2 is 2.05 bits per heavy atom. The smallest absolute Gasteiger partial charge is 0.224 e. The molecular formula is C13H18ClN3O3. The SMILES string of the molecule is C[C@@H]1COC[C@H]2COc3c(nc(Cl)nc3C(C)(C)O)N21. The van der Waals surface area contributed by atoms with Gasteiger partial charge in [0, 0.05) is 0 Å². The lowest BCUT2D eigenvalue weighted by molar-refractivity contribution is 0.0424. The van der Waals surface area contributed by atoms with Crippen molar-refractivity contribution in [1.29, 1.82) is 0 Å². The van der Waals surface area contributed by atoms with Gasteiger partial charge in [-0.25, -0.2) is 4.98 Å². The molecule has 0 aromatic carbocycles. The van der Waals surface area contributed by atoms with Gasteiger partial charge in [-0.15, -0.1) is 0 Å². The molecule has 6 nitrogen and oxygen atoms in total. The molecule has 0 amide bonds. The number of morpholine rings is 1. The van der Waals surface area contributed by atoms with Crippen molar-refractivity contribution in [3.05, 3.63) is 11.0 Å². The Hall–Kier alpha value is -1.11. The molecule has 1 aromatic rings. The van der Waals surface area contributed by atoms with Gasteiger partial charge in [-0.1, -0.05) is 0 Å². The summed E-state index contributed by atoms with van der Waals surface area (Å²) in [4.78, 5) is 10.6. The molecule has 110 valence electrons. The van der Waals surface area contributed by atoms with Crippen molar-refractivity contribution in [2.45, 2.75) is 38.5 Å². The summed E-state index contributed by atoms with van der Waals surface area (Å²) in [7, 11) is 0. The van der Waals surface area contributed by atoms with E-state index in [0.29, 0.717) is 37.1 Å². The molecule has 7 heteroatoms. The highest BCUT2D eigenvalue weighted by Crippen LogP contribution is 2.41. The topological polar surface area (TPSA) is 67.7 Å². The number of nitrogens with zero attached hydrogens (tertiary/aromatic N) is 3. The van der Waals surface area contributed by atoms with Gasteiger partial charge in [0.2, 0.25) is 5.28 Å². The molecule has 20 heavy (non-hydrogen) atoms. The Labute approximate surface area is 122 Å². The van der Waals surface area contributed by atoms with Gasteiger partial charge in [0.05, 0.1) is 25.3 Å². The maximum Gasteiger partial charge on any atom is 0.224 e. The summed E-state index contributed by atoms with van der Waals surface area (Å²) in [6.07, 6.45) is 0. The van der Waals surface area contributed by atoms with Crippen LogP contribution in [0.15, 0.2) is 0 Å². The molecule has 0 unspecified atom stereocenters. The van der Waals surface area contributed by atoms with E-state index in [0.717, 1.165) is 0 Å². The van der Waals surface area contributed by atoms with Gasteiger partial charge in [-0.05, 0) is 32.4 Å². The third-order valence-corrected chi connectivity index (χ3v) is 3.77. The third kappa shape index (κ3) is 2.21. The second-order valence-electron chi connectivity index (χ2n) is 5.81. The Morgan fingerprint density at radius 1 is 1.30 bits per heavy atom. The van der Waals surface area contributed by atoms with Crippen molar-refractivity contribution in [3.8, 4) is 5.75 Å². The van der Waals surface area contributed by atoms with Crippen LogP contribution in [0.1, 0.15) is 26.5 Å². The number of halogens is 1. The number of rotatable bonds is 1. The Kier molecular flexibility index (Phi) is 3.27. The van der Waals surface area contributed by atoms with Crippen LogP contribution >= 0.6 is 11.6 Å². The highest BCUT2D eigenvalue weighted by molar-refractivity contribution is 6.28. The van der Waals surface area contributed by atoms with Crippen LogP contribution < -0.4 is 9.64 Å². The number of anilines is 1. The Balaban J connectivity index is 2.14. The van der Waals surface area contributed by atoms with Crippen LogP contribution in [0, 0.1) is 0 Å². The third-order valence-electron chi connectivity index (χ3n) is 3.60. The Morgan fingerprint density at radius 3 is 2.75 bits per heavy atom. The maximum atomic E-state index is 10.3. The second kappa shape index (κ2) is 4.72. The molecule has 0 radical (unpaired) electrons. The van der Waals surface area contributed by atoms with E-state index in [1.165, 1.54) is 0 Å². The summed E-state index contributed by atoms with van der Waals surface area (Å²) in [6.45, 7) is 7.11. The molecule has 3 rings (SSSR count). The number of hydrogen-bond acceptors (Lipinski definition) is 6. The highest BCUT2D eigenvalue weighted by Gasteiger charge is 2.39. The molecule has 1 aromatic heterocycles. The molecule has 2 atom stereocenters. The van der Waals surface area contributed by atoms with E-state index < -0.39 is 5.60 Å². The van der Waals surface area contributed by atoms with Crippen molar-refractivity contribution >= 4 is 17.4 Å². The minimum absolute atomic E-state index is 0.115. The average molecular weight is 300 g/mol. The molecule has 0 saturated carbocycles. The van der Waals surface area contributed by atoms with E-state index in [2.05, 4.69) is 21.8 Å². The minimum atomic E-state index is -1.14. The normalized spacial score (nSPS) is 25.8. The molecule has 3 heterocycles. The standard InChI is InChI=1S/C13H18ClN3O3/c1-7-4-19-5-8-6-20-9-10(13(2,3)18)15-12(14)16-11(9)17(7)8/h7-8,18H,4-6H2,1-3H3/t7-,8+/m1/s1. The number of aromatic nitrogens is 2. The first-order chi connectivity index (χ1) is 9.38. The molecule has 1 saturated heterocycles. The van der Waals surface area contributed by atoms with Crippen molar-refractivity contribution in [1.82, 2.24) is 9.97 Å². The van der Waals surface area contributed by atoms with Gasteiger partial charge >= 0.3 is 0 Å². The fourth-order valence-corrected chi connectivity index (χ4v) is 2.88. The van der Waals surface area contributed by atoms with E-state index in [1.807, 2.05) is 0 Å². The molecule has 1 fully saturated rings. The number of fused-ring (bicyclic) bond motifs is 3. The van der Waals surface area contributed by atoms with Crippen LogP contribution in [0.25, 0.3) is 0 Å². The van der Waals surface area contributed by atoms with Gasteiger partial charge in [-0.2, -0.15) is 4.98 Å². The summed E-state index contributed by atoms with van der Waals surface area (Å²) >= 11 is 6.02. The predicted molar refractivity (Wildman–Crippen MR) is 74.3 cm³/mol.